The Hall–Kier alpha value is -8.46. The van der Waals surface area contributed by atoms with Crippen molar-refractivity contribution in [3.05, 3.63) is 271 Å². The largest absolute Gasteiger partial charge is 0.456 e. The molecule has 0 atom stereocenters. The minimum atomic E-state index is -0.533. The summed E-state index contributed by atoms with van der Waals surface area (Å²) >= 11 is 0. The molecule has 0 bridgehead atoms. The fourth-order valence-electron chi connectivity index (χ4n) is 10.9. The third-order valence-electron chi connectivity index (χ3n) is 13.7. The van der Waals surface area contributed by atoms with Crippen LogP contribution >= 0.6 is 0 Å². The zero-order chi connectivity index (χ0) is 42.9. The molecule has 11 aromatic carbocycles. The van der Waals surface area contributed by atoms with Gasteiger partial charge in [-0.2, -0.15) is 0 Å². The van der Waals surface area contributed by atoms with Crippen molar-refractivity contribution in [2.24, 2.45) is 0 Å². The van der Waals surface area contributed by atoms with Gasteiger partial charge in [0.2, 0.25) is 0 Å². The Kier molecular flexibility index (Phi) is 8.47. The standard InChI is InChI=1S/C63H41NO/c1-4-16-42(17-5-1)51-27-14-19-45-20-15-28-52(61(45)51)44-30-33-48(34-31-44)64(49-36-39-59-56(40-49)62-53-25-11-10-18-43(53)32-38-60(62)65-59)50-35-37-55-54-26-12-13-29-57(54)63(58(55)41-50,46-21-6-2-7-22-46)47-23-8-3-9-24-47/h1-41H. The molecule has 304 valence electrons. The quantitative estimate of drug-likeness (QED) is 0.159. The lowest BCUT2D eigenvalue weighted by Gasteiger charge is -2.35. The third-order valence-corrected chi connectivity index (χ3v) is 13.7. The fraction of sp³-hybridized carbons (Fsp3) is 0.0159. The molecule has 1 aliphatic rings. The minimum absolute atomic E-state index is 0.533. The summed E-state index contributed by atoms with van der Waals surface area (Å²) in [6.07, 6.45) is 0. The molecule has 0 aliphatic heterocycles. The monoisotopic (exact) mass is 827 g/mol. The van der Waals surface area contributed by atoms with Crippen LogP contribution in [0.2, 0.25) is 0 Å². The molecule has 2 nitrogen and oxygen atoms in total. The zero-order valence-corrected chi connectivity index (χ0v) is 35.5. The first-order valence-electron chi connectivity index (χ1n) is 22.4. The van der Waals surface area contributed by atoms with Crippen LogP contribution in [0.4, 0.5) is 17.1 Å². The molecule has 0 radical (unpaired) electrons. The molecule has 65 heavy (non-hydrogen) atoms. The molecular formula is C63H41NO. The van der Waals surface area contributed by atoms with Crippen molar-refractivity contribution < 1.29 is 4.42 Å². The number of hydrogen-bond donors (Lipinski definition) is 0. The van der Waals surface area contributed by atoms with Crippen LogP contribution in [-0.2, 0) is 5.41 Å². The van der Waals surface area contributed by atoms with Gasteiger partial charge in [0.05, 0.1) is 5.41 Å². The number of rotatable bonds is 7. The molecule has 12 aromatic rings. The topological polar surface area (TPSA) is 16.4 Å². The minimum Gasteiger partial charge on any atom is -0.456 e. The van der Waals surface area contributed by atoms with Crippen LogP contribution in [0, 0.1) is 0 Å². The van der Waals surface area contributed by atoms with Gasteiger partial charge in [0, 0.05) is 27.8 Å². The number of nitrogens with zero attached hydrogens (tertiary/aromatic N) is 1. The summed E-state index contributed by atoms with van der Waals surface area (Å²) in [5, 5.41) is 7.09. The van der Waals surface area contributed by atoms with Crippen LogP contribution in [0.25, 0.3) is 76.9 Å². The molecule has 0 amide bonds. The first kappa shape index (κ1) is 37.1. The highest BCUT2D eigenvalue weighted by atomic mass is 16.3. The summed E-state index contributed by atoms with van der Waals surface area (Å²) in [6.45, 7) is 0. The summed E-state index contributed by atoms with van der Waals surface area (Å²) in [5.41, 5.74) is 16.8. The average molecular weight is 828 g/mol. The predicted molar refractivity (Wildman–Crippen MR) is 272 cm³/mol. The van der Waals surface area contributed by atoms with Crippen molar-refractivity contribution in [1.29, 1.82) is 0 Å². The molecule has 0 spiro atoms. The van der Waals surface area contributed by atoms with Crippen molar-refractivity contribution in [2.75, 3.05) is 4.90 Å². The smallest absolute Gasteiger partial charge is 0.136 e. The summed E-state index contributed by atoms with van der Waals surface area (Å²) < 4.78 is 6.55. The van der Waals surface area contributed by atoms with Gasteiger partial charge in [0.15, 0.2) is 0 Å². The maximum Gasteiger partial charge on any atom is 0.136 e. The van der Waals surface area contributed by atoms with E-state index in [1.165, 1.54) is 77.2 Å². The molecule has 13 rings (SSSR count). The van der Waals surface area contributed by atoms with Gasteiger partial charge in [0.1, 0.15) is 11.2 Å². The predicted octanol–water partition coefficient (Wildman–Crippen LogP) is 17.1. The molecule has 1 aliphatic carbocycles. The number of anilines is 3. The van der Waals surface area contributed by atoms with Gasteiger partial charge in [0.25, 0.3) is 0 Å². The van der Waals surface area contributed by atoms with Gasteiger partial charge in [-0.25, -0.2) is 0 Å². The first-order chi connectivity index (χ1) is 32.2. The molecule has 1 aromatic heterocycles. The second-order valence-electron chi connectivity index (χ2n) is 17.2. The van der Waals surface area contributed by atoms with E-state index >= 15 is 0 Å². The molecular weight excluding hydrogens is 787 g/mol. The van der Waals surface area contributed by atoms with Crippen LogP contribution in [0.3, 0.4) is 0 Å². The van der Waals surface area contributed by atoms with E-state index in [2.05, 4.69) is 254 Å². The molecule has 0 N–H and O–H groups in total. The second-order valence-corrected chi connectivity index (χ2v) is 17.2. The first-order valence-corrected chi connectivity index (χ1v) is 22.4. The summed E-state index contributed by atoms with van der Waals surface area (Å²) in [5.74, 6) is 0. The van der Waals surface area contributed by atoms with E-state index in [0.29, 0.717) is 0 Å². The SMILES string of the molecule is c1ccc(-c2cccc3cccc(-c4ccc(N(c5ccc6c(c5)C(c5ccccc5)(c5ccccc5)c5ccccc5-6)c5ccc6oc7ccc8ccccc8c7c6c5)cc4)c23)cc1. The molecule has 2 heteroatoms. The number of hydrogen-bond acceptors (Lipinski definition) is 2. The van der Waals surface area contributed by atoms with E-state index in [1.807, 2.05) is 0 Å². The summed E-state index contributed by atoms with van der Waals surface area (Å²) in [7, 11) is 0. The van der Waals surface area contributed by atoms with E-state index in [9.17, 15) is 0 Å². The second kappa shape index (κ2) is 14.8. The van der Waals surface area contributed by atoms with Crippen molar-refractivity contribution in [1.82, 2.24) is 0 Å². The molecule has 1 heterocycles. The van der Waals surface area contributed by atoms with Crippen molar-refractivity contribution in [3.8, 4) is 33.4 Å². The Labute approximate surface area is 377 Å². The number of benzene rings is 11. The van der Waals surface area contributed by atoms with Crippen LogP contribution in [0.1, 0.15) is 22.3 Å². The Bertz CT molecular complexity index is 3710. The summed E-state index contributed by atoms with van der Waals surface area (Å²) in [4.78, 5) is 2.43. The van der Waals surface area contributed by atoms with Crippen LogP contribution in [-0.4, -0.2) is 0 Å². The Morgan fingerprint density at radius 2 is 0.846 bits per heavy atom. The Morgan fingerprint density at radius 1 is 0.308 bits per heavy atom. The van der Waals surface area contributed by atoms with Gasteiger partial charge in [-0.1, -0.05) is 200 Å². The van der Waals surface area contributed by atoms with Gasteiger partial charge in [-0.3, -0.25) is 0 Å². The van der Waals surface area contributed by atoms with Gasteiger partial charge in [-0.15, -0.1) is 0 Å². The highest BCUT2D eigenvalue weighted by Gasteiger charge is 2.46. The molecule has 0 fully saturated rings. The fourth-order valence-corrected chi connectivity index (χ4v) is 10.9. The average Bonchev–Trinajstić information content (AvgIpc) is 3.91. The zero-order valence-electron chi connectivity index (χ0n) is 35.5. The third kappa shape index (κ3) is 5.74. The van der Waals surface area contributed by atoms with Gasteiger partial charge in [-0.05, 0) is 126 Å². The lowest BCUT2D eigenvalue weighted by atomic mass is 9.67. The van der Waals surface area contributed by atoms with Crippen LogP contribution in [0.15, 0.2) is 253 Å². The maximum absolute atomic E-state index is 6.55. The number of fused-ring (bicyclic) bond motifs is 9. The maximum atomic E-state index is 6.55. The lowest BCUT2D eigenvalue weighted by molar-refractivity contribution is 0.669. The van der Waals surface area contributed by atoms with Crippen molar-refractivity contribution in [3.63, 3.8) is 0 Å². The van der Waals surface area contributed by atoms with Crippen LogP contribution in [0.5, 0.6) is 0 Å². The van der Waals surface area contributed by atoms with E-state index in [-0.39, 0.29) is 0 Å². The van der Waals surface area contributed by atoms with Crippen molar-refractivity contribution >= 4 is 60.5 Å². The van der Waals surface area contributed by atoms with E-state index in [4.69, 9.17) is 4.42 Å². The number of furan rings is 1. The van der Waals surface area contributed by atoms with E-state index < -0.39 is 5.41 Å². The molecule has 0 unspecified atom stereocenters. The Balaban J connectivity index is 1.04. The lowest BCUT2D eigenvalue weighted by Crippen LogP contribution is -2.28. The van der Waals surface area contributed by atoms with Crippen molar-refractivity contribution in [2.45, 2.75) is 5.41 Å². The highest BCUT2D eigenvalue weighted by molar-refractivity contribution is 6.19. The highest BCUT2D eigenvalue weighted by Crippen LogP contribution is 2.57. The van der Waals surface area contributed by atoms with Crippen LogP contribution < -0.4 is 4.90 Å². The summed E-state index contributed by atoms with van der Waals surface area (Å²) in [6, 6.07) is 90.9. The van der Waals surface area contributed by atoms with Gasteiger partial charge < -0.3 is 9.32 Å². The van der Waals surface area contributed by atoms with E-state index in [0.717, 1.165) is 39.0 Å². The van der Waals surface area contributed by atoms with E-state index in [1.54, 1.807) is 0 Å². The molecule has 0 saturated heterocycles. The van der Waals surface area contributed by atoms with Gasteiger partial charge >= 0.3 is 0 Å². The Morgan fingerprint density at radius 3 is 1.58 bits per heavy atom. The molecule has 0 saturated carbocycles. The normalized spacial score (nSPS) is 12.7.